The summed E-state index contributed by atoms with van der Waals surface area (Å²) in [4.78, 5) is 44.5. The van der Waals surface area contributed by atoms with Crippen LogP contribution in [0.25, 0.3) is 38.5 Å². The number of halogens is 1. The van der Waals surface area contributed by atoms with E-state index < -0.39 is 29.2 Å². The molecule has 300 valence electrons. The van der Waals surface area contributed by atoms with Gasteiger partial charge in [-0.2, -0.15) is 4.58 Å². The topological polar surface area (TPSA) is 65.6 Å². The van der Waals surface area contributed by atoms with Gasteiger partial charge in [-0.05, 0) is 91.7 Å². The lowest BCUT2D eigenvalue weighted by atomic mass is 9.59. The fraction of sp³-hybridized carbons (Fsp3) is 0.333. The van der Waals surface area contributed by atoms with Gasteiger partial charge in [0.25, 0.3) is 0 Å². The fourth-order valence-corrected chi connectivity index (χ4v) is 11.2. The number of barbiturate groups is 1. The molecule has 3 heterocycles. The number of aromatic nitrogens is 1. The van der Waals surface area contributed by atoms with Crippen LogP contribution in [0.1, 0.15) is 84.2 Å². The molecule has 9 rings (SSSR count). The second-order valence-corrected chi connectivity index (χ2v) is 17.5. The van der Waals surface area contributed by atoms with E-state index in [1.807, 2.05) is 0 Å². The molecule has 59 heavy (non-hydrogen) atoms. The highest BCUT2D eigenvalue weighted by atomic mass is 35.5. The van der Waals surface area contributed by atoms with Crippen LogP contribution in [0.3, 0.4) is 0 Å². The number of amides is 4. The first-order valence-corrected chi connectivity index (χ1v) is 21.7. The minimum absolute atomic E-state index is 0.173. The van der Waals surface area contributed by atoms with Crippen LogP contribution in [0.4, 0.5) is 10.5 Å². The highest BCUT2D eigenvalue weighted by Crippen LogP contribution is 2.55. The molecule has 4 amide bonds. The molecule has 0 saturated carbocycles. The monoisotopic (exact) mass is 803 g/mol. The summed E-state index contributed by atoms with van der Waals surface area (Å²) in [7, 11) is 2.97. The van der Waals surface area contributed by atoms with E-state index in [1.165, 1.54) is 52.4 Å². The fourth-order valence-electron chi connectivity index (χ4n) is 10.8. The van der Waals surface area contributed by atoms with Crippen LogP contribution >= 0.6 is 11.6 Å². The maximum absolute atomic E-state index is 14.6. The Hall–Kier alpha value is -5.53. The third kappa shape index (κ3) is 5.90. The first-order chi connectivity index (χ1) is 28.5. The molecule has 3 atom stereocenters. The maximum Gasteiger partial charge on any atom is 0.332 e. The van der Waals surface area contributed by atoms with Gasteiger partial charge in [-0.15, -0.1) is 0 Å². The number of allylic oxidation sites excluding steroid dienone is 8. The average Bonchev–Trinajstić information content (AvgIpc) is 3.75. The highest BCUT2D eigenvalue weighted by molar-refractivity contribution is 6.33. The zero-order valence-corrected chi connectivity index (χ0v) is 35.6. The number of imide groups is 2. The van der Waals surface area contributed by atoms with Gasteiger partial charge in [-0.1, -0.05) is 105 Å². The van der Waals surface area contributed by atoms with Crippen LogP contribution in [0.15, 0.2) is 119 Å². The third-order valence-electron chi connectivity index (χ3n) is 13.5. The number of carbonyl (C=O) groups excluding carboxylic acids is 3. The van der Waals surface area contributed by atoms with Crippen molar-refractivity contribution in [1.82, 2.24) is 14.4 Å². The molecule has 1 fully saturated rings. The number of nitrogens with zero attached hydrogens (tertiary/aromatic N) is 4. The summed E-state index contributed by atoms with van der Waals surface area (Å²) in [6, 6.07) is 25.9. The maximum atomic E-state index is 14.6. The van der Waals surface area contributed by atoms with Crippen LogP contribution < -0.4 is 5.35 Å². The van der Waals surface area contributed by atoms with E-state index in [9.17, 15) is 14.4 Å². The Morgan fingerprint density at radius 1 is 0.831 bits per heavy atom. The number of urea groups is 1. The van der Waals surface area contributed by atoms with Gasteiger partial charge < -0.3 is 4.57 Å². The largest absolute Gasteiger partial charge is 0.338 e. The number of carbonyl (C=O) groups is 3. The van der Waals surface area contributed by atoms with Crippen molar-refractivity contribution in [3.8, 4) is 0 Å². The van der Waals surface area contributed by atoms with Gasteiger partial charge in [-0.25, -0.2) is 4.79 Å². The van der Waals surface area contributed by atoms with Crippen LogP contribution in [0.2, 0.25) is 0 Å². The second-order valence-electron chi connectivity index (χ2n) is 17.1. The summed E-state index contributed by atoms with van der Waals surface area (Å²) in [5.41, 5.74) is 5.83. The minimum Gasteiger partial charge on any atom is -0.338 e. The van der Waals surface area contributed by atoms with E-state index in [2.05, 4.69) is 140 Å². The number of benzene rings is 4. The van der Waals surface area contributed by atoms with Crippen molar-refractivity contribution >= 4 is 79.4 Å². The molecule has 2 unspecified atom stereocenters. The molecule has 4 aromatic carbocycles. The van der Waals surface area contributed by atoms with Gasteiger partial charge in [0.05, 0.1) is 10.9 Å². The Labute approximate surface area is 351 Å². The van der Waals surface area contributed by atoms with E-state index >= 15 is 0 Å². The predicted octanol–water partition coefficient (Wildman–Crippen LogP) is 10.9. The lowest BCUT2D eigenvalue weighted by molar-refractivity contribution is -0.476. The SMILES string of the molecule is CCCC(C)n1/c(=C/C=C2/C=C3C(Cl)=C(/C=C/C4=[N+](C(C)CCC)c5cccc6cccc4c56)CC[C@@H]3C3(C2)C(=O)N(C)C(=O)N(C)C3=O)c2cccc3cccc1c32. The van der Waals surface area contributed by atoms with Crippen LogP contribution in [-0.2, 0) is 9.59 Å². The molecule has 2 aliphatic heterocycles. The Morgan fingerprint density at radius 3 is 2.20 bits per heavy atom. The van der Waals surface area contributed by atoms with Crippen molar-refractivity contribution < 1.29 is 19.0 Å². The molecule has 7 nitrogen and oxygen atoms in total. The number of hydrogen-bond acceptors (Lipinski definition) is 3. The van der Waals surface area contributed by atoms with E-state index in [0.29, 0.717) is 23.9 Å². The van der Waals surface area contributed by atoms with Gasteiger partial charge in [0.15, 0.2) is 6.04 Å². The number of hydrogen-bond donors (Lipinski definition) is 0. The van der Waals surface area contributed by atoms with Gasteiger partial charge in [0, 0.05) is 71.3 Å². The Bertz CT molecular complexity index is 2800. The van der Waals surface area contributed by atoms with Crippen LogP contribution in [0.5, 0.6) is 0 Å². The van der Waals surface area contributed by atoms with E-state index in [1.54, 1.807) is 0 Å². The van der Waals surface area contributed by atoms with Gasteiger partial charge >= 0.3 is 6.03 Å². The molecular weight excluding hydrogens is 752 g/mol. The van der Waals surface area contributed by atoms with E-state index in [-0.39, 0.29) is 12.5 Å². The molecule has 8 heteroatoms. The van der Waals surface area contributed by atoms with Crippen LogP contribution in [-0.4, -0.2) is 62.6 Å². The molecule has 5 aromatic rings. The molecular formula is C51H52ClN4O3+. The zero-order valence-electron chi connectivity index (χ0n) is 34.9. The Balaban J connectivity index is 1.22. The van der Waals surface area contributed by atoms with Gasteiger partial charge in [0.2, 0.25) is 23.2 Å². The second kappa shape index (κ2) is 14.9. The standard InChI is InChI=1S/C51H52ClN4O3/c1-7-13-31(3)55-41(37-19-9-15-34-17-11-21-43(55)45(34)37)27-23-33-29-39-40(51(30-33)48(57)53(5)50(59)54(6)49(51)58)26-24-36(47(39)52)25-28-42-38-20-10-16-35-18-12-22-44(46(35)38)56(42)32(4)14-8-2/h9-12,15-23,25,27-29,31-32,40H,7-8,13-14,24,26,30H2,1-6H3/q+1/t31?,32?,40-/m0/s1. The summed E-state index contributed by atoms with van der Waals surface area (Å²) < 4.78 is 4.90. The quantitative estimate of drug-likeness (QED) is 0.110. The van der Waals surface area contributed by atoms with Crippen molar-refractivity contribution in [2.45, 2.75) is 84.7 Å². The van der Waals surface area contributed by atoms with Gasteiger partial charge in [0.1, 0.15) is 5.41 Å². The smallest absolute Gasteiger partial charge is 0.332 e. The first-order valence-electron chi connectivity index (χ1n) is 21.3. The van der Waals surface area contributed by atoms with Crippen molar-refractivity contribution in [3.63, 3.8) is 0 Å². The average molecular weight is 804 g/mol. The molecule has 0 N–H and O–H groups in total. The van der Waals surface area contributed by atoms with E-state index in [4.69, 9.17) is 11.6 Å². The summed E-state index contributed by atoms with van der Waals surface area (Å²) in [6.07, 6.45) is 16.2. The Kier molecular flexibility index (Phi) is 9.86. The normalized spacial score (nSPS) is 21.4. The van der Waals surface area contributed by atoms with Crippen molar-refractivity contribution in [3.05, 3.63) is 130 Å². The predicted molar refractivity (Wildman–Crippen MR) is 240 cm³/mol. The minimum atomic E-state index is -1.50. The molecule has 1 spiro atoms. The first kappa shape index (κ1) is 39.0. The van der Waals surface area contributed by atoms with Gasteiger partial charge in [-0.3, -0.25) is 19.4 Å². The summed E-state index contributed by atoms with van der Waals surface area (Å²) >= 11 is 7.54. The van der Waals surface area contributed by atoms with Crippen molar-refractivity contribution in [1.29, 1.82) is 0 Å². The van der Waals surface area contributed by atoms with E-state index in [0.717, 1.165) is 68.6 Å². The lowest BCUT2D eigenvalue weighted by Gasteiger charge is -2.49. The number of fused-ring (bicyclic) bond motifs is 2. The molecule has 2 aliphatic carbocycles. The van der Waals surface area contributed by atoms with Crippen LogP contribution in [0, 0.1) is 11.3 Å². The molecule has 1 aromatic heterocycles. The molecule has 4 aliphatic rings. The van der Waals surface area contributed by atoms with Crippen molar-refractivity contribution in [2.24, 2.45) is 11.3 Å². The van der Waals surface area contributed by atoms with Crippen molar-refractivity contribution in [2.75, 3.05) is 14.1 Å². The Morgan fingerprint density at radius 2 is 1.49 bits per heavy atom. The summed E-state index contributed by atoms with van der Waals surface area (Å²) in [5.74, 6) is -1.42. The lowest BCUT2D eigenvalue weighted by Crippen LogP contribution is -2.66. The summed E-state index contributed by atoms with van der Waals surface area (Å²) in [6.45, 7) is 9.01. The third-order valence-corrected chi connectivity index (χ3v) is 14.0. The zero-order chi connectivity index (χ0) is 41.3. The number of rotatable bonds is 9. The molecule has 0 radical (unpaired) electrons. The molecule has 1 saturated heterocycles. The summed E-state index contributed by atoms with van der Waals surface area (Å²) in [5, 5.41) is 7.73. The molecule has 0 bridgehead atoms. The highest BCUT2D eigenvalue weighted by Gasteiger charge is 2.62.